The van der Waals surface area contributed by atoms with E-state index in [9.17, 15) is 9.90 Å². The number of aliphatic carboxylic acids is 1. The van der Waals surface area contributed by atoms with Crippen molar-refractivity contribution in [3.8, 4) is 0 Å². The molecule has 3 N–H and O–H groups in total. The third-order valence-corrected chi connectivity index (χ3v) is 3.91. The molecule has 1 aromatic carbocycles. The van der Waals surface area contributed by atoms with Gasteiger partial charge in [0.2, 0.25) is 0 Å². The van der Waals surface area contributed by atoms with E-state index >= 15 is 0 Å². The summed E-state index contributed by atoms with van der Waals surface area (Å²) in [4.78, 5) is 12.7. The molecule has 0 spiro atoms. The third-order valence-electron chi connectivity index (χ3n) is 3.91. The van der Waals surface area contributed by atoms with E-state index in [4.69, 9.17) is 5.11 Å². The molecule has 1 aliphatic heterocycles. The van der Waals surface area contributed by atoms with Gasteiger partial charge in [-0.25, -0.2) is 0 Å². The SMILES string of the molecule is O=C(O)CCC[C@@](O)(Nc1ccccc1)N1CCCCC1. The number of para-hydroxylation sites is 1. The van der Waals surface area contributed by atoms with Crippen molar-refractivity contribution in [2.75, 3.05) is 18.4 Å². The van der Waals surface area contributed by atoms with Crippen molar-refractivity contribution in [3.63, 3.8) is 0 Å². The van der Waals surface area contributed by atoms with E-state index in [2.05, 4.69) is 5.32 Å². The van der Waals surface area contributed by atoms with Crippen molar-refractivity contribution in [2.24, 2.45) is 0 Å². The number of likely N-dealkylation sites (tertiary alicyclic amines) is 1. The number of aliphatic hydroxyl groups is 1. The Hall–Kier alpha value is -1.59. The number of carbonyl (C=O) groups is 1. The minimum absolute atomic E-state index is 0.0760. The molecule has 1 saturated heterocycles. The molecule has 21 heavy (non-hydrogen) atoms. The Kier molecular flexibility index (Phi) is 5.59. The molecule has 2 rings (SSSR count). The smallest absolute Gasteiger partial charge is 0.303 e. The first-order chi connectivity index (χ1) is 10.1. The first-order valence-electron chi connectivity index (χ1n) is 7.63. The maximum Gasteiger partial charge on any atom is 0.303 e. The number of carboxylic acids is 1. The van der Waals surface area contributed by atoms with Crippen molar-refractivity contribution < 1.29 is 15.0 Å². The van der Waals surface area contributed by atoms with Crippen LogP contribution in [0.4, 0.5) is 5.69 Å². The number of rotatable bonds is 7. The summed E-state index contributed by atoms with van der Waals surface area (Å²) in [6.07, 6.45) is 4.24. The van der Waals surface area contributed by atoms with Crippen LogP contribution < -0.4 is 5.32 Å². The van der Waals surface area contributed by atoms with Crippen molar-refractivity contribution in [2.45, 2.75) is 44.4 Å². The molecule has 0 unspecified atom stereocenters. The summed E-state index contributed by atoms with van der Waals surface area (Å²) in [5.74, 6) is -1.99. The zero-order valence-electron chi connectivity index (χ0n) is 12.3. The second kappa shape index (κ2) is 7.43. The maximum atomic E-state index is 11.0. The van der Waals surface area contributed by atoms with E-state index in [1.165, 1.54) is 6.42 Å². The quantitative estimate of drug-likeness (QED) is 0.673. The molecule has 5 heteroatoms. The van der Waals surface area contributed by atoms with Crippen LogP contribution in [0.15, 0.2) is 30.3 Å². The average molecular weight is 292 g/mol. The van der Waals surface area contributed by atoms with Crippen LogP contribution in [0.1, 0.15) is 38.5 Å². The minimum atomic E-state index is -1.17. The van der Waals surface area contributed by atoms with Gasteiger partial charge in [0.15, 0.2) is 5.85 Å². The first-order valence-corrected chi connectivity index (χ1v) is 7.63. The molecule has 1 fully saturated rings. The summed E-state index contributed by atoms with van der Waals surface area (Å²) in [6.45, 7) is 1.67. The normalized spacial score (nSPS) is 18.9. The average Bonchev–Trinajstić information content (AvgIpc) is 2.49. The Labute approximate surface area is 125 Å². The first kappa shape index (κ1) is 15.8. The number of nitrogens with zero attached hydrogens (tertiary/aromatic N) is 1. The fraction of sp³-hybridized carbons (Fsp3) is 0.562. The Balaban J connectivity index is 2.06. The molecule has 0 aliphatic carbocycles. The van der Waals surface area contributed by atoms with Gasteiger partial charge in [0.1, 0.15) is 0 Å². The van der Waals surface area contributed by atoms with Crippen molar-refractivity contribution in [3.05, 3.63) is 30.3 Å². The van der Waals surface area contributed by atoms with Crippen LogP contribution in [0.5, 0.6) is 0 Å². The predicted molar refractivity (Wildman–Crippen MR) is 81.9 cm³/mol. The molecule has 0 saturated carbocycles. The zero-order chi connectivity index (χ0) is 15.1. The van der Waals surface area contributed by atoms with E-state index in [-0.39, 0.29) is 6.42 Å². The van der Waals surface area contributed by atoms with Gasteiger partial charge in [-0.15, -0.1) is 0 Å². The van der Waals surface area contributed by atoms with Crippen molar-refractivity contribution in [1.82, 2.24) is 4.90 Å². The number of anilines is 1. The van der Waals surface area contributed by atoms with Crippen LogP contribution >= 0.6 is 0 Å². The second-order valence-corrected chi connectivity index (χ2v) is 5.60. The molecule has 116 valence electrons. The van der Waals surface area contributed by atoms with Crippen LogP contribution in [-0.2, 0) is 4.79 Å². The van der Waals surface area contributed by atoms with Crippen molar-refractivity contribution >= 4 is 11.7 Å². The van der Waals surface area contributed by atoms with E-state index in [0.717, 1.165) is 31.6 Å². The Morgan fingerprint density at radius 3 is 2.48 bits per heavy atom. The second-order valence-electron chi connectivity index (χ2n) is 5.60. The molecule has 0 aromatic heterocycles. The van der Waals surface area contributed by atoms with Crippen LogP contribution in [0.2, 0.25) is 0 Å². The lowest BCUT2D eigenvalue weighted by molar-refractivity contribution is -0.138. The highest BCUT2D eigenvalue weighted by molar-refractivity contribution is 5.66. The van der Waals surface area contributed by atoms with Crippen molar-refractivity contribution in [1.29, 1.82) is 0 Å². The highest BCUT2D eigenvalue weighted by Gasteiger charge is 2.34. The van der Waals surface area contributed by atoms with Gasteiger partial charge in [-0.3, -0.25) is 9.69 Å². The van der Waals surface area contributed by atoms with Gasteiger partial charge in [-0.1, -0.05) is 24.6 Å². The van der Waals surface area contributed by atoms with E-state index in [1.54, 1.807) is 0 Å². The summed E-state index contributed by atoms with van der Waals surface area (Å²) in [6, 6.07) is 9.57. The van der Waals surface area contributed by atoms with Gasteiger partial charge in [0.05, 0.1) is 0 Å². The Morgan fingerprint density at radius 1 is 1.19 bits per heavy atom. The number of hydrogen-bond acceptors (Lipinski definition) is 4. The van der Waals surface area contributed by atoms with Gasteiger partial charge < -0.3 is 15.5 Å². The fourth-order valence-electron chi connectivity index (χ4n) is 2.80. The molecule has 5 nitrogen and oxygen atoms in total. The van der Waals surface area contributed by atoms with Crippen LogP contribution in [0, 0.1) is 0 Å². The molecule has 0 amide bonds. The van der Waals surface area contributed by atoms with E-state index in [1.807, 2.05) is 35.2 Å². The molecule has 1 aromatic rings. The number of piperidine rings is 1. The summed E-state index contributed by atoms with van der Waals surface area (Å²) >= 11 is 0. The van der Waals surface area contributed by atoms with Gasteiger partial charge in [-0.05, 0) is 31.4 Å². The predicted octanol–water partition coefficient (Wildman–Crippen LogP) is 2.49. The van der Waals surface area contributed by atoms with Crippen LogP contribution in [-0.4, -0.2) is 40.0 Å². The van der Waals surface area contributed by atoms with Gasteiger partial charge >= 0.3 is 5.97 Å². The van der Waals surface area contributed by atoms with E-state index in [0.29, 0.717) is 12.8 Å². The standard InChI is InChI=1S/C16H24N2O3/c19-15(20)10-7-11-16(21,18-12-5-2-6-13-18)17-14-8-3-1-4-9-14/h1,3-4,8-9,17,21H,2,5-7,10-13H2,(H,19,20)/t16-/m1/s1. The highest BCUT2D eigenvalue weighted by Crippen LogP contribution is 2.26. The largest absolute Gasteiger partial charge is 0.481 e. The summed E-state index contributed by atoms with van der Waals surface area (Å²) in [5.41, 5.74) is 0.848. The number of hydrogen-bond donors (Lipinski definition) is 3. The monoisotopic (exact) mass is 292 g/mol. The Bertz CT molecular complexity index is 446. The maximum absolute atomic E-state index is 11.0. The van der Waals surface area contributed by atoms with Gasteiger partial charge in [0, 0.05) is 31.6 Å². The molecule has 1 heterocycles. The molecule has 0 bridgehead atoms. The third kappa shape index (κ3) is 4.72. The highest BCUT2D eigenvalue weighted by atomic mass is 16.4. The molecule has 1 atom stereocenters. The molecular formula is C16H24N2O3. The molecule has 0 radical (unpaired) electrons. The number of carboxylic acid groups (broad SMARTS) is 1. The lowest BCUT2D eigenvalue weighted by Crippen LogP contribution is -2.56. The molecule has 1 aliphatic rings. The van der Waals surface area contributed by atoms with Crippen LogP contribution in [0.25, 0.3) is 0 Å². The topological polar surface area (TPSA) is 72.8 Å². The number of benzene rings is 1. The van der Waals surface area contributed by atoms with Gasteiger partial charge in [0.25, 0.3) is 0 Å². The fourth-order valence-corrected chi connectivity index (χ4v) is 2.80. The summed E-state index contributed by atoms with van der Waals surface area (Å²) < 4.78 is 0. The van der Waals surface area contributed by atoms with E-state index < -0.39 is 11.8 Å². The lowest BCUT2D eigenvalue weighted by Gasteiger charge is -2.42. The Morgan fingerprint density at radius 2 is 1.86 bits per heavy atom. The number of nitrogens with one attached hydrogen (secondary N) is 1. The zero-order valence-corrected chi connectivity index (χ0v) is 12.3. The lowest BCUT2D eigenvalue weighted by atomic mass is 10.1. The minimum Gasteiger partial charge on any atom is -0.481 e. The van der Waals surface area contributed by atoms with Crippen LogP contribution in [0.3, 0.4) is 0 Å². The molecular weight excluding hydrogens is 268 g/mol. The summed E-state index contributed by atoms with van der Waals surface area (Å²) in [7, 11) is 0. The summed E-state index contributed by atoms with van der Waals surface area (Å²) in [5, 5.41) is 23.0. The van der Waals surface area contributed by atoms with Gasteiger partial charge in [-0.2, -0.15) is 0 Å².